The van der Waals surface area contributed by atoms with Gasteiger partial charge in [-0.2, -0.15) is 0 Å². The smallest absolute Gasteiger partial charge is 0.270 e. The fourth-order valence-electron chi connectivity index (χ4n) is 3.26. The van der Waals surface area contributed by atoms with E-state index in [0.717, 1.165) is 15.6 Å². The first-order valence-electron chi connectivity index (χ1n) is 10.5. The second kappa shape index (κ2) is 10.7. The number of aliphatic imine (C=N–C) groups is 1. The summed E-state index contributed by atoms with van der Waals surface area (Å²) >= 11 is 3.41. The maximum Gasteiger partial charge on any atom is 0.270 e. The number of aromatic nitrogens is 2. The van der Waals surface area contributed by atoms with Crippen LogP contribution in [0.4, 0.5) is 11.6 Å². The molecule has 0 bridgehead atoms. The molecule has 35 heavy (non-hydrogen) atoms. The molecule has 176 valence electrons. The Balaban J connectivity index is 1.68. The summed E-state index contributed by atoms with van der Waals surface area (Å²) in [5, 5.41) is 14.2. The number of nitrogens with two attached hydrogens (primary N) is 1. The molecule has 0 unspecified atom stereocenters. The Hall–Kier alpha value is -4.31. The van der Waals surface area contributed by atoms with Crippen molar-refractivity contribution in [2.24, 2.45) is 10.7 Å². The fraction of sp³-hybridized carbons (Fsp3) is 0.0800. The Kier molecular flexibility index (Phi) is 7.32. The second-order valence-corrected chi connectivity index (χ2v) is 8.37. The number of benzene rings is 3. The summed E-state index contributed by atoms with van der Waals surface area (Å²) in [5.41, 5.74) is 9.55. The van der Waals surface area contributed by atoms with Crippen molar-refractivity contribution in [3.63, 3.8) is 0 Å². The van der Waals surface area contributed by atoms with E-state index in [1.165, 1.54) is 12.1 Å². The molecule has 0 aliphatic carbocycles. The van der Waals surface area contributed by atoms with Crippen LogP contribution in [0.15, 0.2) is 88.3 Å². The fourth-order valence-corrected chi connectivity index (χ4v) is 3.52. The summed E-state index contributed by atoms with van der Waals surface area (Å²) in [6.45, 7) is 0.377. The number of hydrogen-bond acceptors (Lipinski definition) is 6. The van der Waals surface area contributed by atoms with Crippen molar-refractivity contribution < 1.29 is 9.66 Å². The third-order valence-electron chi connectivity index (χ3n) is 5.05. The number of hydrogen-bond donors (Lipinski definition) is 2. The Labute approximate surface area is 210 Å². The third kappa shape index (κ3) is 6.18. The summed E-state index contributed by atoms with van der Waals surface area (Å²) < 4.78 is 6.22. The highest BCUT2D eigenvalue weighted by molar-refractivity contribution is 9.10. The lowest BCUT2D eigenvalue weighted by atomic mass is 10.1. The molecule has 0 saturated heterocycles. The monoisotopic (exact) mass is 532 g/mol. The molecule has 0 aliphatic heterocycles. The largest absolute Gasteiger partial charge is 0.497 e. The van der Waals surface area contributed by atoms with Crippen LogP contribution < -0.4 is 15.8 Å². The van der Waals surface area contributed by atoms with Crippen molar-refractivity contribution in [1.29, 1.82) is 0 Å². The van der Waals surface area contributed by atoms with E-state index in [2.05, 4.69) is 36.2 Å². The van der Waals surface area contributed by atoms with Gasteiger partial charge in [-0.1, -0.05) is 40.2 Å². The molecule has 0 saturated carbocycles. The van der Waals surface area contributed by atoms with Gasteiger partial charge >= 0.3 is 0 Å². The van der Waals surface area contributed by atoms with E-state index in [-0.39, 0.29) is 17.6 Å². The van der Waals surface area contributed by atoms with Gasteiger partial charge < -0.3 is 10.5 Å². The first kappa shape index (κ1) is 23.8. The lowest BCUT2D eigenvalue weighted by Gasteiger charge is -2.11. The van der Waals surface area contributed by atoms with Gasteiger partial charge in [-0.25, -0.2) is 15.0 Å². The molecular weight excluding hydrogens is 512 g/mol. The van der Waals surface area contributed by atoms with Gasteiger partial charge in [-0.3, -0.25) is 15.4 Å². The van der Waals surface area contributed by atoms with Gasteiger partial charge in [-0.15, -0.1) is 0 Å². The third-order valence-corrected chi connectivity index (χ3v) is 5.58. The molecule has 3 aromatic carbocycles. The highest BCUT2D eigenvalue weighted by atomic mass is 79.9. The second-order valence-electron chi connectivity index (χ2n) is 7.45. The zero-order chi connectivity index (χ0) is 24.8. The normalized spacial score (nSPS) is 11.2. The van der Waals surface area contributed by atoms with Gasteiger partial charge in [-0.05, 0) is 48.0 Å². The standard InChI is InChI=1S/C25H21BrN6O3/c1-35-21-11-7-17(8-12-21)22-14-23(18-3-2-4-20(13-18)32(33)34)30-25(29-22)31-24(27)28-15-16-5-9-19(26)10-6-16/h2-14H,15H2,1H3,(H3,27,28,29,30,31). The minimum Gasteiger partial charge on any atom is -0.497 e. The Morgan fingerprint density at radius 3 is 2.37 bits per heavy atom. The molecular formula is C25H21BrN6O3. The molecule has 0 radical (unpaired) electrons. The molecule has 0 spiro atoms. The van der Waals surface area contributed by atoms with Gasteiger partial charge in [0, 0.05) is 27.7 Å². The van der Waals surface area contributed by atoms with E-state index in [9.17, 15) is 10.1 Å². The van der Waals surface area contributed by atoms with Crippen molar-refractivity contribution >= 4 is 33.5 Å². The number of rotatable bonds is 7. The molecule has 0 aliphatic rings. The average molecular weight is 533 g/mol. The minimum atomic E-state index is -0.443. The molecule has 3 N–H and O–H groups in total. The number of nitrogens with zero attached hydrogens (tertiary/aromatic N) is 4. The molecule has 1 aromatic heterocycles. The van der Waals surface area contributed by atoms with E-state index in [4.69, 9.17) is 10.5 Å². The zero-order valence-corrected chi connectivity index (χ0v) is 20.3. The van der Waals surface area contributed by atoms with Crippen molar-refractivity contribution in [3.05, 3.63) is 99.0 Å². The van der Waals surface area contributed by atoms with Crippen LogP contribution in [0.5, 0.6) is 5.75 Å². The number of ether oxygens (including phenoxy) is 1. The minimum absolute atomic E-state index is 0.0304. The number of guanidine groups is 1. The highest BCUT2D eigenvalue weighted by Crippen LogP contribution is 2.28. The number of halogens is 1. The highest BCUT2D eigenvalue weighted by Gasteiger charge is 2.13. The molecule has 10 heteroatoms. The average Bonchev–Trinajstić information content (AvgIpc) is 2.88. The Morgan fingerprint density at radius 2 is 1.71 bits per heavy atom. The van der Waals surface area contributed by atoms with Gasteiger partial charge in [0.25, 0.3) is 5.69 Å². The van der Waals surface area contributed by atoms with E-state index >= 15 is 0 Å². The van der Waals surface area contributed by atoms with Crippen molar-refractivity contribution in [2.45, 2.75) is 6.54 Å². The maximum absolute atomic E-state index is 11.3. The number of nitrogens with one attached hydrogen (secondary N) is 1. The predicted molar refractivity (Wildman–Crippen MR) is 139 cm³/mol. The van der Waals surface area contributed by atoms with E-state index in [1.807, 2.05) is 48.5 Å². The predicted octanol–water partition coefficient (Wildman–Crippen LogP) is 5.42. The lowest BCUT2D eigenvalue weighted by Crippen LogP contribution is -2.24. The van der Waals surface area contributed by atoms with Gasteiger partial charge in [0.05, 0.1) is 30.0 Å². The molecule has 4 aromatic rings. The van der Waals surface area contributed by atoms with Gasteiger partial charge in [0.15, 0.2) is 5.96 Å². The first-order chi connectivity index (χ1) is 16.9. The van der Waals surface area contributed by atoms with E-state index in [0.29, 0.717) is 29.2 Å². The topological polar surface area (TPSA) is 129 Å². The van der Waals surface area contributed by atoms with Crippen LogP contribution in [0.25, 0.3) is 22.5 Å². The van der Waals surface area contributed by atoms with Crippen molar-refractivity contribution in [2.75, 3.05) is 12.4 Å². The Bertz CT molecular complexity index is 1380. The van der Waals surface area contributed by atoms with Crippen LogP contribution in [0, 0.1) is 10.1 Å². The lowest BCUT2D eigenvalue weighted by molar-refractivity contribution is -0.384. The summed E-state index contributed by atoms with van der Waals surface area (Å²) in [6.07, 6.45) is 0. The van der Waals surface area contributed by atoms with E-state index < -0.39 is 4.92 Å². The van der Waals surface area contributed by atoms with Crippen LogP contribution in [0.1, 0.15) is 5.56 Å². The number of nitro benzene ring substituents is 1. The number of non-ortho nitro benzene ring substituents is 1. The van der Waals surface area contributed by atoms with E-state index in [1.54, 1.807) is 25.3 Å². The summed E-state index contributed by atoms with van der Waals surface area (Å²) in [5.74, 6) is 1.08. The summed E-state index contributed by atoms with van der Waals surface area (Å²) in [7, 11) is 1.60. The van der Waals surface area contributed by atoms with Crippen LogP contribution in [-0.2, 0) is 6.54 Å². The Morgan fingerprint density at radius 1 is 1.03 bits per heavy atom. The van der Waals surface area contributed by atoms with Crippen molar-refractivity contribution in [3.8, 4) is 28.3 Å². The first-order valence-corrected chi connectivity index (χ1v) is 11.3. The number of nitro groups is 1. The maximum atomic E-state index is 11.3. The van der Waals surface area contributed by atoms with Crippen LogP contribution in [0.3, 0.4) is 0 Å². The quantitative estimate of drug-likeness (QED) is 0.141. The van der Waals surface area contributed by atoms with Crippen LogP contribution in [-0.4, -0.2) is 28.0 Å². The summed E-state index contributed by atoms with van der Waals surface area (Å²) in [6, 6.07) is 23.2. The number of methoxy groups -OCH3 is 1. The van der Waals surface area contributed by atoms with Crippen LogP contribution in [0.2, 0.25) is 0 Å². The molecule has 0 fully saturated rings. The number of anilines is 1. The van der Waals surface area contributed by atoms with Crippen LogP contribution >= 0.6 is 15.9 Å². The summed E-state index contributed by atoms with van der Waals surface area (Å²) in [4.78, 5) is 24.3. The zero-order valence-electron chi connectivity index (χ0n) is 18.7. The van der Waals surface area contributed by atoms with Crippen molar-refractivity contribution in [1.82, 2.24) is 9.97 Å². The SMILES string of the molecule is COc1ccc(-c2cc(-c3cccc([N+](=O)[O-])c3)nc(NC(N)=NCc3ccc(Br)cc3)n2)cc1. The molecule has 4 rings (SSSR count). The van der Waals surface area contributed by atoms with Gasteiger partial charge in [0.1, 0.15) is 5.75 Å². The molecule has 9 nitrogen and oxygen atoms in total. The molecule has 0 atom stereocenters. The molecule has 0 amide bonds. The molecule has 1 heterocycles. The van der Waals surface area contributed by atoms with Gasteiger partial charge in [0.2, 0.25) is 5.95 Å².